The fourth-order valence-electron chi connectivity index (χ4n) is 2.00. The van der Waals surface area contributed by atoms with Crippen LogP contribution in [-0.2, 0) is 12.8 Å². The lowest BCUT2D eigenvalue weighted by atomic mass is 10.0. The van der Waals surface area contributed by atoms with Crippen molar-refractivity contribution in [3.63, 3.8) is 0 Å². The van der Waals surface area contributed by atoms with E-state index >= 15 is 0 Å². The zero-order chi connectivity index (χ0) is 16.2. The Bertz CT molecular complexity index is 609. The fourth-order valence-corrected chi connectivity index (χ4v) is 2.56. The van der Waals surface area contributed by atoms with Crippen LogP contribution in [0.3, 0.4) is 0 Å². The standard InChI is InChI=1S/C15H12Cl2F3NO/c16-13-8-21-9-14(17)12(13)3-1-2-10-4-6-11(7-5-10)22-15(18,19)20/h4-9H,1-3H2. The van der Waals surface area contributed by atoms with Crippen LogP contribution in [0.5, 0.6) is 5.75 Å². The predicted molar refractivity (Wildman–Crippen MR) is 79.4 cm³/mol. The van der Waals surface area contributed by atoms with E-state index in [0.29, 0.717) is 22.9 Å². The lowest BCUT2D eigenvalue weighted by Crippen LogP contribution is -2.17. The summed E-state index contributed by atoms with van der Waals surface area (Å²) in [6.07, 6.45) is 0.527. The Morgan fingerprint density at radius 2 is 1.55 bits per heavy atom. The molecule has 0 aliphatic rings. The number of alkyl halides is 3. The van der Waals surface area contributed by atoms with Crippen molar-refractivity contribution >= 4 is 23.2 Å². The van der Waals surface area contributed by atoms with E-state index in [-0.39, 0.29) is 5.75 Å². The number of rotatable bonds is 5. The van der Waals surface area contributed by atoms with Gasteiger partial charge in [-0.25, -0.2) is 0 Å². The number of aromatic nitrogens is 1. The quantitative estimate of drug-likeness (QED) is 0.714. The van der Waals surface area contributed by atoms with E-state index in [9.17, 15) is 13.2 Å². The predicted octanol–water partition coefficient (Wildman–Crippen LogP) is 5.46. The molecule has 0 unspecified atom stereocenters. The highest BCUT2D eigenvalue weighted by Gasteiger charge is 2.30. The number of ether oxygens (including phenoxy) is 1. The molecule has 7 heteroatoms. The Morgan fingerprint density at radius 1 is 0.955 bits per heavy atom. The van der Waals surface area contributed by atoms with Gasteiger partial charge in [0.15, 0.2) is 0 Å². The van der Waals surface area contributed by atoms with Gasteiger partial charge < -0.3 is 4.74 Å². The van der Waals surface area contributed by atoms with Gasteiger partial charge in [-0.15, -0.1) is 13.2 Å². The zero-order valence-corrected chi connectivity index (χ0v) is 12.8. The van der Waals surface area contributed by atoms with Gasteiger partial charge in [0.05, 0.1) is 10.0 Å². The second-order valence-electron chi connectivity index (χ2n) is 4.63. The molecule has 2 rings (SSSR count). The third-order valence-corrected chi connectivity index (χ3v) is 3.65. The van der Waals surface area contributed by atoms with Crippen molar-refractivity contribution < 1.29 is 17.9 Å². The minimum atomic E-state index is -4.67. The number of aryl methyl sites for hydroxylation is 1. The first-order chi connectivity index (χ1) is 10.3. The summed E-state index contributed by atoms with van der Waals surface area (Å²) in [7, 11) is 0. The van der Waals surface area contributed by atoms with Crippen LogP contribution >= 0.6 is 23.2 Å². The Labute approximate surface area is 135 Å². The summed E-state index contributed by atoms with van der Waals surface area (Å²) in [5.74, 6) is -0.225. The Hall–Kier alpha value is -1.46. The maximum atomic E-state index is 12.1. The van der Waals surface area contributed by atoms with Gasteiger partial charge in [-0.05, 0) is 42.5 Å². The van der Waals surface area contributed by atoms with Gasteiger partial charge in [0.2, 0.25) is 0 Å². The Kier molecular flexibility index (Phi) is 5.53. The van der Waals surface area contributed by atoms with Gasteiger partial charge in [0.25, 0.3) is 0 Å². The van der Waals surface area contributed by atoms with Crippen LogP contribution in [0.4, 0.5) is 13.2 Å². The molecule has 0 N–H and O–H groups in total. The average Bonchev–Trinajstić information content (AvgIpc) is 2.42. The summed E-state index contributed by atoms with van der Waals surface area (Å²) in [6.45, 7) is 0. The first-order valence-corrected chi connectivity index (χ1v) is 7.23. The maximum Gasteiger partial charge on any atom is 0.573 e. The first kappa shape index (κ1) is 16.9. The Morgan fingerprint density at radius 3 is 2.09 bits per heavy atom. The van der Waals surface area contributed by atoms with Gasteiger partial charge in [-0.1, -0.05) is 35.3 Å². The molecule has 0 aliphatic heterocycles. The third kappa shape index (κ3) is 5.07. The van der Waals surface area contributed by atoms with Gasteiger partial charge in [0, 0.05) is 12.4 Å². The smallest absolute Gasteiger partial charge is 0.406 e. The van der Waals surface area contributed by atoms with Gasteiger partial charge in [0.1, 0.15) is 5.75 Å². The van der Waals surface area contributed by atoms with Crippen LogP contribution in [0, 0.1) is 0 Å². The van der Waals surface area contributed by atoms with E-state index in [4.69, 9.17) is 23.2 Å². The summed E-state index contributed by atoms with van der Waals surface area (Å²) in [5, 5.41) is 1.03. The van der Waals surface area contributed by atoms with E-state index < -0.39 is 6.36 Å². The maximum absolute atomic E-state index is 12.1. The molecule has 1 heterocycles. The summed E-state index contributed by atoms with van der Waals surface area (Å²) in [5.41, 5.74) is 1.74. The molecule has 0 radical (unpaired) electrons. The lowest BCUT2D eigenvalue weighted by Gasteiger charge is -2.09. The van der Waals surface area contributed by atoms with Crippen LogP contribution in [0.1, 0.15) is 17.5 Å². The number of halogens is 5. The fraction of sp³-hybridized carbons (Fsp3) is 0.267. The number of nitrogens with zero attached hydrogens (tertiary/aromatic N) is 1. The second-order valence-corrected chi connectivity index (χ2v) is 5.44. The molecule has 0 saturated carbocycles. The van der Waals surface area contributed by atoms with Crippen molar-refractivity contribution in [3.8, 4) is 5.75 Å². The van der Waals surface area contributed by atoms with Crippen LogP contribution in [0.2, 0.25) is 10.0 Å². The van der Waals surface area contributed by atoms with Crippen molar-refractivity contribution in [2.24, 2.45) is 0 Å². The molecule has 118 valence electrons. The molecule has 2 nitrogen and oxygen atoms in total. The molecule has 0 atom stereocenters. The lowest BCUT2D eigenvalue weighted by molar-refractivity contribution is -0.274. The second kappa shape index (κ2) is 7.20. The molecule has 0 fully saturated rings. The monoisotopic (exact) mass is 349 g/mol. The van der Waals surface area contributed by atoms with E-state index in [1.807, 2.05) is 0 Å². The molecule has 0 bridgehead atoms. The van der Waals surface area contributed by atoms with Crippen LogP contribution in [0.25, 0.3) is 0 Å². The van der Waals surface area contributed by atoms with E-state index in [0.717, 1.165) is 17.5 Å². The normalized spacial score (nSPS) is 11.5. The van der Waals surface area contributed by atoms with Crippen molar-refractivity contribution in [2.45, 2.75) is 25.6 Å². The number of pyridine rings is 1. The number of hydrogen-bond acceptors (Lipinski definition) is 2. The summed E-state index contributed by atoms with van der Waals surface area (Å²) < 4.78 is 40.0. The molecule has 1 aromatic heterocycles. The van der Waals surface area contributed by atoms with Crippen molar-refractivity contribution in [3.05, 3.63) is 57.8 Å². The minimum Gasteiger partial charge on any atom is -0.406 e. The molecule has 2 aromatic rings. The van der Waals surface area contributed by atoms with Crippen molar-refractivity contribution in [2.75, 3.05) is 0 Å². The highest BCUT2D eigenvalue weighted by atomic mass is 35.5. The first-order valence-electron chi connectivity index (χ1n) is 6.48. The number of benzene rings is 1. The summed E-state index contributed by atoms with van der Waals surface area (Å²) in [4.78, 5) is 3.88. The molecule has 0 aliphatic carbocycles. The summed E-state index contributed by atoms with van der Waals surface area (Å²) in [6, 6.07) is 5.82. The van der Waals surface area contributed by atoms with Crippen molar-refractivity contribution in [1.29, 1.82) is 0 Å². The number of hydrogen-bond donors (Lipinski definition) is 0. The zero-order valence-electron chi connectivity index (χ0n) is 11.3. The highest BCUT2D eigenvalue weighted by molar-refractivity contribution is 6.35. The molecular formula is C15H12Cl2F3NO. The van der Waals surface area contributed by atoms with Gasteiger partial charge in [-0.3, -0.25) is 4.98 Å². The van der Waals surface area contributed by atoms with Gasteiger partial charge >= 0.3 is 6.36 Å². The largest absolute Gasteiger partial charge is 0.573 e. The average molecular weight is 350 g/mol. The molecule has 22 heavy (non-hydrogen) atoms. The van der Waals surface area contributed by atoms with E-state index in [1.54, 1.807) is 12.1 Å². The van der Waals surface area contributed by atoms with Crippen LogP contribution in [-0.4, -0.2) is 11.3 Å². The molecule has 0 amide bonds. The molecule has 0 spiro atoms. The summed E-state index contributed by atoms with van der Waals surface area (Å²) >= 11 is 12.0. The van der Waals surface area contributed by atoms with Crippen molar-refractivity contribution in [1.82, 2.24) is 4.98 Å². The minimum absolute atomic E-state index is 0.225. The van der Waals surface area contributed by atoms with E-state index in [1.165, 1.54) is 24.5 Å². The molecular weight excluding hydrogens is 338 g/mol. The SMILES string of the molecule is FC(F)(F)Oc1ccc(CCCc2c(Cl)cncc2Cl)cc1. The third-order valence-electron chi connectivity index (χ3n) is 3.00. The molecule has 0 saturated heterocycles. The molecule has 1 aromatic carbocycles. The van der Waals surface area contributed by atoms with E-state index in [2.05, 4.69) is 9.72 Å². The Balaban J connectivity index is 1.90. The van der Waals surface area contributed by atoms with Crippen LogP contribution < -0.4 is 4.74 Å². The van der Waals surface area contributed by atoms with Crippen LogP contribution in [0.15, 0.2) is 36.7 Å². The highest BCUT2D eigenvalue weighted by Crippen LogP contribution is 2.26. The van der Waals surface area contributed by atoms with Gasteiger partial charge in [-0.2, -0.15) is 0 Å². The topological polar surface area (TPSA) is 22.1 Å².